The van der Waals surface area contributed by atoms with Gasteiger partial charge in [0, 0.05) is 12.1 Å². The molecule has 5 heteroatoms. The summed E-state index contributed by atoms with van der Waals surface area (Å²) < 4.78 is 0. The number of nitrogens with zero attached hydrogens (tertiary/aromatic N) is 2. The molecule has 1 amide bonds. The van der Waals surface area contributed by atoms with E-state index in [1.54, 1.807) is 6.92 Å². The average Bonchev–Trinajstić information content (AvgIpc) is 3.30. The zero-order chi connectivity index (χ0) is 16.4. The van der Waals surface area contributed by atoms with Crippen molar-refractivity contribution in [2.45, 2.75) is 59.0 Å². The van der Waals surface area contributed by atoms with Crippen molar-refractivity contribution in [3.8, 4) is 0 Å². The molecule has 2 unspecified atom stereocenters. The Morgan fingerprint density at radius 1 is 1.36 bits per heavy atom. The molecule has 22 heavy (non-hydrogen) atoms. The Bertz CT molecular complexity index is 581. The van der Waals surface area contributed by atoms with E-state index in [1.807, 2.05) is 4.90 Å². The topological polar surface area (TPSA) is 70.5 Å². The Balaban J connectivity index is 2.28. The minimum Gasteiger partial charge on any atom is -0.478 e. The molecule has 1 aliphatic rings. The summed E-state index contributed by atoms with van der Waals surface area (Å²) in [7, 11) is 0. The van der Waals surface area contributed by atoms with Crippen molar-refractivity contribution in [2.75, 3.05) is 0 Å². The van der Waals surface area contributed by atoms with E-state index in [0.29, 0.717) is 23.3 Å². The van der Waals surface area contributed by atoms with Crippen LogP contribution >= 0.6 is 0 Å². The van der Waals surface area contributed by atoms with Crippen LogP contribution in [0.25, 0.3) is 0 Å². The second-order valence-electron chi connectivity index (χ2n) is 6.20. The third-order valence-corrected chi connectivity index (χ3v) is 4.62. The Morgan fingerprint density at radius 2 is 2.00 bits per heavy atom. The smallest absolute Gasteiger partial charge is 0.337 e. The second-order valence-corrected chi connectivity index (χ2v) is 6.20. The van der Waals surface area contributed by atoms with Crippen molar-refractivity contribution >= 4 is 11.9 Å². The molecular weight excluding hydrogens is 280 g/mol. The number of carboxylic acids is 1. The molecule has 1 fully saturated rings. The highest BCUT2D eigenvalue weighted by Gasteiger charge is 2.38. The van der Waals surface area contributed by atoms with Crippen LogP contribution in [0.1, 0.15) is 66.6 Å². The summed E-state index contributed by atoms with van der Waals surface area (Å²) in [5.74, 6) is -0.685. The molecule has 0 bridgehead atoms. The van der Waals surface area contributed by atoms with E-state index in [0.717, 1.165) is 19.3 Å². The van der Waals surface area contributed by atoms with Crippen molar-refractivity contribution in [1.82, 2.24) is 9.88 Å². The van der Waals surface area contributed by atoms with E-state index in [-0.39, 0.29) is 17.5 Å². The van der Waals surface area contributed by atoms with Crippen molar-refractivity contribution in [2.24, 2.45) is 5.92 Å². The monoisotopic (exact) mass is 304 g/mol. The van der Waals surface area contributed by atoms with Gasteiger partial charge in [-0.05, 0) is 44.7 Å². The van der Waals surface area contributed by atoms with Crippen molar-refractivity contribution in [3.63, 3.8) is 0 Å². The van der Waals surface area contributed by atoms with Crippen LogP contribution in [0.3, 0.4) is 0 Å². The number of carboxylic acid groups (broad SMARTS) is 1. The average molecular weight is 304 g/mol. The predicted molar refractivity (Wildman–Crippen MR) is 84.0 cm³/mol. The fourth-order valence-electron chi connectivity index (χ4n) is 2.69. The lowest BCUT2D eigenvalue weighted by atomic mass is 9.98. The fourth-order valence-corrected chi connectivity index (χ4v) is 2.69. The number of rotatable bonds is 6. The maximum Gasteiger partial charge on any atom is 0.337 e. The van der Waals surface area contributed by atoms with E-state index in [9.17, 15) is 9.59 Å². The molecule has 120 valence electrons. The third-order valence-electron chi connectivity index (χ3n) is 4.62. The highest BCUT2D eigenvalue weighted by molar-refractivity contribution is 5.95. The Kier molecular flexibility index (Phi) is 4.84. The quantitative estimate of drug-likeness (QED) is 0.876. The van der Waals surface area contributed by atoms with Crippen molar-refractivity contribution in [3.05, 3.63) is 29.1 Å². The van der Waals surface area contributed by atoms with Crippen molar-refractivity contribution < 1.29 is 14.7 Å². The predicted octanol–water partition coefficient (Wildman–Crippen LogP) is 3.13. The lowest BCUT2D eigenvalue weighted by Gasteiger charge is -2.33. The highest BCUT2D eigenvalue weighted by Crippen LogP contribution is 2.32. The molecule has 1 aromatic rings. The first kappa shape index (κ1) is 16.5. The van der Waals surface area contributed by atoms with Gasteiger partial charge < -0.3 is 10.0 Å². The third kappa shape index (κ3) is 3.29. The van der Waals surface area contributed by atoms with E-state index in [2.05, 4.69) is 25.8 Å². The molecule has 2 rings (SSSR count). The van der Waals surface area contributed by atoms with E-state index < -0.39 is 5.97 Å². The minimum atomic E-state index is -1.02. The molecule has 0 radical (unpaired) electrons. The zero-order valence-corrected chi connectivity index (χ0v) is 13.7. The molecule has 1 saturated carbocycles. The van der Waals surface area contributed by atoms with Gasteiger partial charge in [-0.2, -0.15) is 0 Å². The SMILES string of the molecule is CCC(C)C(C)N(C(=O)c1ccc(C(=O)O)c(C)n1)C1CC1. The summed E-state index contributed by atoms with van der Waals surface area (Å²) >= 11 is 0. The molecule has 1 N–H and O–H groups in total. The number of carbonyl (C=O) groups is 2. The first-order valence-corrected chi connectivity index (χ1v) is 7.90. The molecule has 0 spiro atoms. The summed E-state index contributed by atoms with van der Waals surface area (Å²) in [6, 6.07) is 3.46. The van der Waals surface area contributed by atoms with Gasteiger partial charge in [0.2, 0.25) is 0 Å². The normalized spacial score (nSPS) is 16.9. The van der Waals surface area contributed by atoms with Gasteiger partial charge >= 0.3 is 5.97 Å². The van der Waals surface area contributed by atoms with Gasteiger partial charge in [-0.3, -0.25) is 4.79 Å². The van der Waals surface area contributed by atoms with Crippen LogP contribution in [0.4, 0.5) is 0 Å². The number of aryl methyl sites for hydroxylation is 1. The number of aromatic nitrogens is 1. The maximum absolute atomic E-state index is 12.8. The van der Waals surface area contributed by atoms with E-state index in [1.165, 1.54) is 12.1 Å². The summed E-state index contributed by atoms with van der Waals surface area (Å²) in [5.41, 5.74) is 0.860. The Hall–Kier alpha value is -1.91. The van der Waals surface area contributed by atoms with Gasteiger partial charge in [-0.15, -0.1) is 0 Å². The summed E-state index contributed by atoms with van der Waals surface area (Å²) in [6.07, 6.45) is 3.10. The standard InChI is InChI=1S/C17H24N2O3/c1-5-10(2)12(4)19(13-6-7-13)16(20)15-9-8-14(17(21)22)11(3)18-15/h8-10,12-13H,5-7H2,1-4H3,(H,21,22). The second kappa shape index (κ2) is 6.46. The van der Waals surface area contributed by atoms with Crippen LogP contribution < -0.4 is 0 Å². The first-order chi connectivity index (χ1) is 10.4. The molecule has 1 aliphatic carbocycles. The lowest BCUT2D eigenvalue weighted by Crippen LogP contribution is -2.44. The number of amides is 1. The molecular formula is C17H24N2O3. The first-order valence-electron chi connectivity index (χ1n) is 7.90. The van der Waals surface area contributed by atoms with Gasteiger partial charge in [0.05, 0.1) is 11.3 Å². The maximum atomic E-state index is 12.8. The summed E-state index contributed by atoms with van der Waals surface area (Å²) in [6.45, 7) is 7.99. The lowest BCUT2D eigenvalue weighted by molar-refractivity contribution is 0.0606. The number of carbonyl (C=O) groups excluding carboxylic acids is 1. The summed E-state index contributed by atoms with van der Waals surface area (Å²) in [4.78, 5) is 30.1. The molecule has 0 saturated heterocycles. The highest BCUT2D eigenvalue weighted by atomic mass is 16.4. The van der Waals surface area contributed by atoms with Crippen LogP contribution in [0, 0.1) is 12.8 Å². The molecule has 0 aromatic carbocycles. The number of hydrogen-bond donors (Lipinski definition) is 1. The minimum absolute atomic E-state index is 0.0876. The van der Waals surface area contributed by atoms with Gasteiger partial charge in [-0.25, -0.2) is 9.78 Å². The number of aromatic carboxylic acids is 1. The zero-order valence-electron chi connectivity index (χ0n) is 13.7. The van der Waals surface area contributed by atoms with E-state index in [4.69, 9.17) is 5.11 Å². The van der Waals surface area contributed by atoms with Crippen LogP contribution in [0.2, 0.25) is 0 Å². The van der Waals surface area contributed by atoms with E-state index >= 15 is 0 Å². The molecule has 1 heterocycles. The van der Waals surface area contributed by atoms with Crippen molar-refractivity contribution in [1.29, 1.82) is 0 Å². The fraction of sp³-hybridized carbons (Fsp3) is 0.588. The van der Waals surface area contributed by atoms with Gasteiger partial charge in [-0.1, -0.05) is 20.3 Å². The summed E-state index contributed by atoms with van der Waals surface area (Å²) in [5, 5.41) is 9.06. The van der Waals surface area contributed by atoms with Gasteiger partial charge in [0.1, 0.15) is 5.69 Å². The van der Waals surface area contributed by atoms with Crippen LogP contribution in [-0.4, -0.2) is 39.0 Å². The van der Waals surface area contributed by atoms with Gasteiger partial charge in [0.25, 0.3) is 5.91 Å². The molecule has 2 atom stereocenters. The molecule has 5 nitrogen and oxygen atoms in total. The Labute approximate surface area is 131 Å². The number of hydrogen-bond acceptors (Lipinski definition) is 3. The van der Waals surface area contributed by atoms with Crippen LogP contribution in [0.15, 0.2) is 12.1 Å². The van der Waals surface area contributed by atoms with Gasteiger partial charge in [0.15, 0.2) is 0 Å². The molecule has 1 aromatic heterocycles. The Morgan fingerprint density at radius 3 is 2.45 bits per heavy atom. The largest absolute Gasteiger partial charge is 0.478 e. The number of pyridine rings is 1. The van der Waals surface area contributed by atoms with Crippen LogP contribution in [0.5, 0.6) is 0 Å². The molecule has 0 aliphatic heterocycles. The van der Waals surface area contributed by atoms with Crippen LogP contribution in [-0.2, 0) is 0 Å².